The van der Waals surface area contributed by atoms with Gasteiger partial charge < -0.3 is 9.67 Å². The molecule has 24 heavy (non-hydrogen) atoms. The van der Waals surface area contributed by atoms with Gasteiger partial charge in [-0.1, -0.05) is 19.1 Å². The molecule has 0 heterocycles. The molecule has 1 aromatic carbocycles. The molecule has 2 unspecified atom stereocenters. The number of carbonyl (C=O) groups excluding carboxylic acids is 1. The predicted octanol–water partition coefficient (Wildman–Crippen LogP) is 2.32. The van der Waals surface area contributed by atoms with E-state index in [1.54, 1.807) is 0 Å². The Labute approximate surface area is 139 Å². The number of carboxylic acid groups (broad SMARTS) is 1. The molecule has 2 atom stereocenters. The third-order valence-electron chi connectivity index (χ3n) is 3.50. The number of nitrogens with zero attached hydrogens (tertiary/aromatic N) is 1. The molecule has 0 fully saturated rings. The van der Waals surface area contributed by atoms with Crippen molar-refractivity contribution in [2.75, 3.05) is 20.0 Å². The summed E-state index contributed by atoms with van der Waals surface area (Å²) < 4.78 is 25.5. The standard InChI is InChI=1S/C15H22FN2O5P/c1-4-12(15(20)21)14(19)18(22)9-17-13(24(2,3)23)10-5-7-11(16)8-6-10/h5-8,12-13,17,22H,4,9H2,1-3H3,(H,20,21). The Morgan fingerprint density at radius 3 is 2.25 bits per heavy atom. The van der Waals surface area contributed by atoms with Crippen molar-refractivity contribution in [2.24, 2.45) is 5.92 Å². The summed E-state index contributed by atoms with van der Waals surface area (Å²) >= 11 is 0. The Morgan fingerprint density at radius 1 is 1.29 bits per heavy atom. The van der Waals surface area contributed by atoms with E-state index in [1.165, 1.54) is 44.5 Å². The Balaban J connectivity index is 2.86. The van der Waals surface area contributed by atoms with Crippen molar-refractivity contribution in [1.82, 2.24) is 10.4 Å². The molecule has 0 saturated heterocycles. The van der Waals surface area contributed by atoms with E-state index >= 15 is 0 Å². The highest BCUT2D eigenvalue weighted by Crippen LogP contribution is 2.50. The van der Waals surface area contributed by atoms with Crippen LogP contribution in [0, 0.1) is 11.7 Å². The number of carbonyl (C=O) groups is 2. The molecule has 0 aliphatic carbocycles. The number of amides is 1. The van der Waals surface area contributed by atoms with Gasteiger partial charge in [-0.25, -0.2) is 9.45 Å². The molecule has 134 valence electrons. The summed E-state index contributed by atoms with van der Waals surface area (Å²) in [6, 6.07) is 5.36. The van der Waals surface area contributed by atoms with Gasteiger partial charge in [-0.2, -0.15) is 0 Å². The number of hydrogen-bond acceptors (Lipinski definition) is 5. The van der Waals surface area contributed by atoms with Crippen LogP contribution in [-0.2, 0) is 14.2 Å². The number of hydroxylamine groups is 2. The monoisotopic (exact) mass is 360 g/mol. The van der Waals surface area contributed by atoms with Crippen LogP contribution in [0.4, 0.5) is 4.39 Å². The Kier molecular flexibility index (Phi) is 7.08. The van der Waals surface area contributed by atoms with Gasteiger partial charge in [0.15, 0.2) is 0 Å². The molecule has 1 amide bonds. The maximum atomic E-state index is 13.0. The smallest absolute Gasteiger partial charge is 0.316 e. The lowest BCUT2D eigenvalue weighted by atomic mass is 10.1. The van der Waals surface area contributed by atoms with Gasteiger partial charge in [0, 0.05) is 0 Å². The van der Waals surface area contributed by atoms with Crippen LogP contribution in [0.15, 0.2) is 24.3 Å². The first-order valence-electron chi connectivity index (χ1n) is 7.34. The third kappa shape index (κ3) is 5.40. The highest BCUT2D eigenvalue weighted by atomic mass is 31.2. The molecule has 0 spiro atoms. The average molecular weight is 360 g/mol. The van der Waals surface area contributed by atoms with Crippen molar-refractivity contribution >= 4 is 19.0 Å². The number of halogens is 1. The zero-order valence-electron chi connectivity index (χ0n) is 13.8. The lowest BCUT2D eigenvalue weighted by Crippen LogP contribution is -2.43. The number of hydrogen-bond donors (Lipinski definition) is 3. The Morgan fingerprint density at radius 2 is 1.83 bits per heavy atom. The molecule has 1 aromatic rings. The zero-order valence-corrected chi connectivity index (χ0v) is 14.7. The van der Waals surface area contributed by atoms with E-state index in [0.717, 1.165) is 0 Å². The number of nitrogens with one attached hydrogen (secondary N) is 1. The van der Waals surface area contributed by atoms with Gasteiger partial charge in [0.25, 0.3) is 5.91 Å². The van der Waals surface area contributed by atoms with Crippen molar-refractivity contribution in [2.45, 2.75) is 19.1 Å². The maximum absolute atomic E-state index is 13.0. The van der Waals surface area contributed by atoms with Crippen molar-refractivity contribution in [3.63, 3.8) is 0 Å². The third-order valence-corrected chi connectivity index (χ3v) is 5.23. The Bertz CT molecular complexity index is 631. The molecule has 0 aliphatic rings. The van der Waals surface area contributed by atoms with Crippen molar-refractivity contribution in [3.05, 3.63) is 35.6 Å². The Hall–Kier alpha value is -1.76. The summed E-state index contributed by atoms with van der Waals surface area (Å²) in [6.45, 7) is 4.15. The van der Waals surface area contributed by atoms with E-state index in [2.05, 4.69) is 5.32 Å². The average Bonchev–Trinajstić information content (AvgIpc) is 2.47. The normalized spacial score (nSPS) is 14.0. The zero-order chi connectivity index (χ0) is 18.5. The van der Waals surface area contributed by atoms with Gasteiger partial charge in [0.1, 0.15) is 18.9 Å². The van der Waals surface area contributed by atoms with Gasteiger partial charge >= 0.3 is 5.97 Å². The van der Waals surface area contributed by atoms with E-state index < -0.39 is 43.2 Å². The quantitative estimate of drug-likeness (QED) is 0.216. The van der Waals surface area contributed by atoms with E-state index in [0.29, 0.717) is 5.56 Å². The van der Waals surface area contributed by atoms with Crippen LogP contribution in [0.1, 0.15) is 24.7 Å². The predicted molar refractivity (Wildman–Crippen MR) is 86.6 cm³/mol. The van der Waals surface area contributed by atoms with Crippen molar-refractivity contribution < 1.29 is 28.9 Å². The molecule has 9 heteroatoms. The van der Waals surface area contributed by atoms with E-state index in [4.69, 9.17) is 5.11 Å². The van der Waals surface area contributed by atoms with Crippen molar-refractivity contribution in [3.8, 4) is 0 Å². The van der Waals surface area contributed by atoms with Crippen LogP contribution in [-0.4, -0.2) is 47.3 Å². The van der Waals surface area contributed by atoms with Crippen molar-refractivity contribution in [1.29, 1.82) is 0 Å². The maximum Gasteiger partial charge on any atom is 0.316 e. The second-order valence-electron chi connectivity index (χ2n) is 5.79. The molecule has 1 rings (SSSR count). The van der Waals surface area contributed by atoms with Crippen LogP contribution in [0.2, 0.25) is 0 Å². The van der Waals surface area contributed by atoms with Gasteiger partial charge in [-0.3, -0.25) is 20.1 Å². The minimum atomic E-state index is -2.75. The summed E-state index contributed by atoms with van der Waals surface area (Å²) in [5.41, 5.74) is 0.538. The van der Waals surface area contributed by atoms with E-state index in [-0.39, 0.29) is 11.5 Å². The summed E-state index contributed by atoms with van der Waals surface area (Å²) in [7, 11) is -2.75. The minimum Gasteiger partial charge on any atom is -0.481 e. The fraction of sp³-hybridized carbons (Fsp3) is 0.467. The molecule has 0 aromatic heterocycles. The number of aliphatic carboxylic acids is 1. The molecular weight excluding hydrogens is 338 g/mol. The lowest BCUT2D eigenvalue weighted by Gasteiger charge is -2.26. The van der Waals surface area contributed by atoms with Crippen LogP contribution < -0.4 is 5.32 Å². The van der Waals surface area contributed by atoms with Crippen LogP contribution in [0.5, 0.6) is 0 Å². The van der Waals surface area contributed by atoms with Gasteiger partial charge in [0.05, 0.1) is 12.5 Å². The first-order valence-corrected chi connectivity index (χ1v) is 10.0. The van der Waals surface area contributed by atoms with Gasteiger partial charge in [-0.05, 0) is 37.4 Å². The fourth-order valence-electron chi connectivity index (χ4n) is 2.23. The molecule has 3 N–H and O–H groups in total. The first kappa shape index (κ1) is 20.3. The summed E-state index contributed by atoms with van der Waals surface area (Å²) in [5, 5.41) is 21.8. The largest absolute Gasteiger partial charge is 0.481 e. The second kappa shape index (κ2) is 8.37. The van der Waals surface area contributed by atoms with Crippen LogP contribution >= 0.6 is 7.14 Å². The number of rotatable bonds is 8. The molecule has 0 aliphatic heterocycles. The summed E-state index contributed by atoms with van der Waals surface area (Å²) in [6.07, 6.45) is 0.0344. The lowest BCUT2D eigenvalue weighted by molar-refractivity contribution is -0.176. The van der Waals surface area contributed by atoms with Gasteiger partial charge in [0.2, 0.25) is 0 Å². The number of benzene rings is 1. The van der Waals surface area contributed by atoms with E-state index in [1.807, 2.05) is 0 Å². The molecular formula is C15H22FN2O5P. The first-order chi connectivity index (χ1) is 11.1. The molecule has 0 bridgehead atoms. The second-order valence-corrected chi connectivity index (χ2v) is 9.17. The SMILES string of the molecule is CCC(C(=O)O)C(=O)N(O)CNC(c1ccc(F)cc1)P(C)(C)=O. The highest BCUT2D eigenvalue weighted by Gasteiger charge is 2.30. The van der Waals surface area contributed by atoms with Crippen LogP contribution in [0.3, 0.4) is 0 Å². The molecule has 0 radical (unpaired) electrons. The summed E-state index contributed by atoms with van der Waals surface area (Å²) in [4.78, 5) is 22.9. The minimum absolute atomic E-state index is 0.0344. The van der Waals surface area contributed by atoms with Crippen LogP contribution in [0.25, 0.3) is 0 Å². The number of carboxylic acids is 1. The van der Waals surface area contributed by atoms with Gasteiger partial charge in [-0.15, -0.1) is 0 Å². The highest BCUT2D eigenvalue weighted by molar-refractivity contribution is 7.62. The molecule has 0 saturated carbocycles. The summed E-state index contributed by atoms with van der Waals surface area (Å²) in [5.74, 6) is -4.79. The fourth-order valence-corrected chi connectivity index (χ4v) is 3.64. The topological polar surface area (TPSA) is 107 Å². The van der Waals surface area contributed by atoms with E-state index in [9.17, 15) is 23.8 Å². The molecule has 7 nitrogen and oxygen atoms in total.